The van der Waals surface area contributed by atoms with Crippen molar-refractivity contribution < 1.29 is 9.47 Å². The van der Waals surface area contributed by atoms with E-state index in [2.05, 4.69) is 29.2 Å². The first-order valence-corrected chi connectivity index (χ1v) is 6.38. The summed E-state index contributed by atoms with van der Waals surface area (Å²) in [6.07, 6.45) is 1.18. The predicted molar refractivity (Wildman–Crippen MR) is 73.0 cm³/mol. The van der Waals surface area contributed by atoms with Crippen molar-refractivity contribution in [3.8, 4) is 0 Å². The van der Waals surface area contributed by atoms with E-state index in [0.29, 0.717) is 6.54 Å². The highest BCUT2D eigenvalue weighted by Gasteiger charge is 2.33. The maximum Gasteiger partial charge on any atom is 0.102 e. The van der Waals surface area contributed by atoms with Crippen LogP contribution in [0.15, 0.2) is 24.3 Å². The molecule has 0 radical (unpaired) electrons. The van der Waals surface area contributed by atoms with Gasteiger partial charge in [0.05, 0.1) is 0 Å². The molecule has 0 bridgehead atoms. The Bertz CT molecular complexity index is 372. The normalized spacial score (nSPS) is 23.6. The second-order valence-corrected chi connectivity index (χ2v) is 4.62. The van der Waals surface area contributed by atoms with Gasteiger partial charge in [0.2, 0.25) is 0 Å². The van der Waals surface area contributed by atoms with Gasteiger partial charge in [0.25, 0.3) is 0 Å². The molecule has 0 amide bonds. The van der Waals surface area contributed by atoms with Crippen LogP contribution in [0.4, 0.5) is 5.69 Å². The standard InChI is InChI=1S/C14H22N2O2/c1-17-13-9-16(10-14(13)18-2)12-6-4-3-5-11(12)7-8-15/h3-6,13-14H,7-10,15H2,1-2H3. The molecule has 4 nitrogen and oxygen atoms in total. The Labute approximate surface area is 109 Å². The monoisotopic (exact) mass is 250 g/mol. The van der Waals surface area contributed by atoms with Crippen molar-refractivity contribution in [3.63, 3.8) is 0 Å². The maximum absolute atomic E-state index is 5.67. The van der Waals surface area contributed by atoms with Crippen molar-refractivity contribution in [1.29, 1.82) is 0 Å². The zero-order valence-electron chi connectivity index (χ0n) is 11.1. The van der Waals surface area contributed by atoms with Crippen LogP contribution in [-0.2, 0) is 15.9 Å². The molecule has 2 rings (SSSR count). The second-order valence-electron chi connectivity index (χ2n) is 4.62. The molecule has 1 aliphatic heterocycles. The fraction of sp³-hybridized carbons (Fsp3) is 0.571. The molecule has 0 saturated carbocycles. The summed E-state index contributed by atoms with van der Waals surface area (Å²) in [6.45, 7) is 2.42. The highest BCUT2D eigenvalue weighted by atomic mass is 16.5. The lowest BCUT2D eigenvalue weighted by molar-refractivity contribution is -0.00461. The van der Waals surface area contributed by atoms with Gasteiger partial charge >= 0.3 is 0 Å². The molecule has 1 aliphatic rings. The lowest BCUT2D eigenvalue weighted by atomic mass is 10.1. The van der Waals surface area contributed by atoms with Crippen LogP contribution in [-0.4, -0.2) is 46.1 Å². The fourth-order valence-corrected chi connectivity index (χ4v) is 2.58. The summed E-state index contributed by atoms with van der Waals surface area (Å²) in [7, 11) is 3.48. The minimum atomic E-state index is 0.140. The summed E-state index contributed by atoms with van der Waals surface area (Å²) in [5.41, 5.74) is 8.22. The van der Waals surface area contributed by atoms with Gasteiger partial charge in [0.1, 0.15) is 12.2 Å². The number of hydrogen-bond acceptors (Lipinski definition) is 4. The molecule has 4 heteroatoms. The van der Waals surface area contributed by atoms with Gasteiger partial charge < -0.3 is 20.1 Å². The van der Waals surface area contributed by atoms with E-state index < -0.39 is 0 Å². The fourth-order valence-electron chi connectivity index (χ4n) is 2.58. The third kappa shape index (κ3) is 2.66. The first-order valence-electron chi connectivity index (χ1n) is 6.38. The van der Waals surface area contributed by atoms with Gasteiger partial charge in [0, 0.05) is 33.0 Å². The third-order valence-corrected chi connectivity index (χ3v) is 3.57. The molecule has 1 aromatic carbocycles. The molecule has 1 aromatic rings. The summed E-state index contributed by atoms with van der Waals surface area (Å²) in [5, 5.41) is 0. The van der Waals surface area contributed by atoms with Gasteiger partial charge in [-0.2, -0.15) is 0 Å². The third-order valence-electron chi connectivity index (χ3n) is 3.57. The number of anilines is 1. The summed E-state index contributed by atoms with van der Waals surface area (Å²) in [4.78, 5) is 2.33. The number of hydrogen-bond donors (Lipinski definition) is 1. The zero-order chi connectivity index (χ0) is 13.0. The van der Waals surface area contributed by atoms with Crippen molar-refractivity contribution >= 4 is 5.69 Å². The van der Waals surface area contributed by atoms with Crippen LogP contribution in [0.2, 0.25) is 0 Å². The molecule has 0 aliphatic carbocycles. The molecule has 0 aromatic heterocycles. The van der Waals surface area contributed by atoms with Crippen molar-refractivity contribution in [2.45, 2.75) is 18.6 Å². The number of nitrogens with two attached hydrogens (primary N) is 1. The Kier molecular flexibility index (Phi) is 4.58. The minimum absolute atomic E-state index is 0.140. The quantitative estimate of drug-likeness (QED) is 0.848. The first kappa shape index (κ1) is 13.3. The van der Waals surface area contributed by atoms with Crippen molar-refractivity contribution in [3.05, 3.63) is 29.8 Å². The van der Waals surface area contributed by atoms with Crippen LogP contribution in [0.1, 0.15) is 5.56 Å². The molecular formula is C14H22N2O2. The molecule has 2 N–H and O–H groups in total. The Morgan fingerprint density at radius 1 is 1.17 bits per heavy atom. The first-order chi connectivity index (χ1) is 8.80. The van der Waals surface area contributed by atoms with E-state index in [4.69, 9.17) is 15.2 Å². The van der Waals surface area contributed by atoms with Gasteiger partial charge in [-0.1, -0.05) is 18.2 Å². The maximum atomic E-state index is 5.67. The summed E-state index contributed by atoms with van der Waals surface area (Å²) in [6, 6.07) is 8.42. The molecule has 1 saturated heterocycles. The predicted octanol–water partition coefficient (Wildman–Crippen LogP) is 1.04. The van der Waals surface area contributed by atoms with Gasteiger partial charge in [0.15, 0.2) is 0 Å². The minimum Gasteiger partial charge on any atom is -0.377 e. The smallest absolute Gasteiger partial charge is 0.102 e. The second kappa shape index (κ2) is 6.18. The molecule has 1 fully saturated rings. The summed E-state index contributed by atoms with van der Waals surface area (Å²) < 4.78 is 10.9. The van der Waals surface area contributed by atoms with Crippen molar-refractivity contribution in [1.82, 2.24) is 0 Å². The zero-order valence-corrected chi connectivity index (χ0v) is 11.1. The van der Waals surface area contributed by atoms with Gasteiger partial charge in [-0.15, -0.1) is 0 Å². The van der Waals surface area contributed by atoms with E-state index in [1.165, 1.54) is 11.3 Å². The van der Waals surface area contributed by atoms with Gasteiger partial charge in [-0.3, -0.25) is 0 Å². The number of rotatable bonds is 5. The van der Waals surface area contributed by atoms with Gasteiger partial charge in [-0.25, -0.2) is 0 Å². The average Bonchev–Trinajstić information content (AvgIpc) is 2.83. The summed E-state index contributed by atoms with van der Waals surface area (Å²) in [5.74, 6) is 0. The van der Waals surface area contributed by atoms with E-state index in [9.17, 15) is 0 Å². The Hall–Kier alpha value is -1.10. The Morgan fingerprint density at radius 2 is 1.78 bits per heavy atom. The highest BCUT2D eigenvalue weighted by molar-refractivity contribution is 5.55. The highest BCUT2D eigenvalue weighted by Crippen LogP contribution is 2.26. The van der Waals surface area contributed by atoms with Crippen molar-refractivity contribution in [2.24, 2.45) is 5.73 Å². The number of benzene rings is 1. The number of nitrogens with zero attached hydrogens (tertiary/aromatic N) is 1. The topological polar surface area (TPSA) is 47.7 Å². The lowest BCUT2D eigenvalue weighted by Gasteiger charge is -2.21. The van der Waals surface area contributed by atoms with Crippen LogP contribution >= 0.6 is 0 Å². The Balaban J connectivity index is 2.17. The SMILES string of the molecule is COC1CN(c2ccccc2CCN)CC1OC. The van der Waals surface area contributed by atoms with Crippen LogP contribution in [0, 0.1) is 0 Å². The average molecular weight is 250 g/mol. The largest absolute Gasteiger partial charge is 0.377 e. The van der Waals surface area contributed by atoms with Crippen LogP contribution in [0.3, 0.4) is 0 Å². The molecule has 1 heterocycles. The molecule has 2 unspecified atom stereocenters. The Morgan fingerprint density at radius 3 is 2.33 bits per heavy atom. The van der Waals surface area contributed by atoms with E-state index >= 15 is 0 Å². The lowest BCUT2D eigenvalue weighted by Crippen LogP contribution is -2.27. The molecule has 0 spiro atoms. The molecule has 2 atom stereocenters. The van der Waals surface area contributed by atoms with E-state index in [1.807, 2.05) is 0 Å². The number of ether oxygens (including phenoxy) is 2. The molecule has 18 heavy (non-hydrogen) atoms. The van der Waals surface area contributed by atoms with Crippen LogP contribution in [0.5, 0.6) is 0 Å². The van der Waals surface area contributed by atoms with Gasteiger partial charge in [-0.05, 0) is 24.6 Å². The van der Waals surface area contributed by atoms with E-state index in [0.717, 1.165) is 19.5 Å². The van der Waals surface area contributed by atoms with Crippen LogP contribution < -0.4 is 10.6 Å². The summed E-state index contributed by atoms with van der Waals surface area (Å²) >= 11 is 0. The number of methoxy groups -OCH3 is 2. The number of para-hydroxylation sites is 1. The molecule has 100 valence electrons. The molecular weight excluding hydrogens is 228 g/mol. The van der Waals surface area contributed by atoms with Crippen LogP contribution in [0.25, 0.3) is 0 Å². The van der Waals surface area contributed by atoms with Crippen molar-refractivity contribution in [2.75, 3.05) is 38.8 Å². The van der Waals surface area contributed by atoms with E-state index in [-0.39, 0.29) is 12.2 Å². The van der Waals surface area contributed by atoms with E-state index in [1.54, 1.807) is 14.2 Å².